The highest BCUT2D eigenvalue weighted by atomic mass is 127. The third kappa shape index (κ3) is 6.25. The van der Waals surface area contributed by atoms with E-state index in [1.165, 1.54) is 24.0 Å². The van der Waals surface area contributed by atoms with Crippen molar-refractivity contribution in [2.45, 2.75) is 71.9 Å². The van der Waals surface area contributed by atoms with Crippen molar-refractivity contribution in [2.75, 3.05) is 19.6 Å². The van der Waals surface area contributed by atoms with Gasteiger partial charge < -0.3 is 20.6 Å². The minimum absolute atomic E-state index is 0. The Morgan fingerprint density at radius 1 is 1.23 bits per heavy atom. The molecule has 1 aliphatic heterocycles. The predicted molar refractivity (Wildman–Crippen MR) is 133 cm³/mol. The van der Waals surface area contributed by atoms with Gasteiger partial charge in [-0.15, -0.1) is 24.0 Å². The van der Waals surface area contributed by atoms with Gasteiger partial charge in [-0.1, -0.05) is 19.9 Å². The summed E-state index contributed by atoms with van der Waals surface area (Å²) in [5.74, 6) is 1.44. The first-order chi connectivity index (χ1) is 14.0. The van der Waals surface area contributed by atoms with Gasteiger partial charge in [0, 0.05) is 37.2 Å². The number of fused-ring (bicyclic) bond motifs is 1. The molecule has 1 aliphatic carbocycles. The van der Waals surface area contributed by atoms with Gasteiger partial charge in [0.15, 0.2) is 5.96 Å². The smallest absolute Gasteiger partial charge is 0.225 e. The number of phenolic OH excluding ortho intramolecular Hbond substituents is 1. The van der Waals surface area contributed by atoms with Crippen LogP contribution in [0, 0.1) is 5.92 Å². The number of carbonyl (C=O) groups is 1. The quantitative estimate of drug-likeness (QED) is 0.310. The van der Waals surface area contributed by atoms with E-state index >= 15 is 0 Å². The molecule has 0 radical (unpaired) electrons. The van der Waals surface area contributed by atoms with Gasteiger partial charge in [-0.3, -0.25) is 4.79 Å². The van der Waals surface area contributed by atoms with Gasteiger partial charge in [0.25, 0.3) is 0 Å². The third-order valence-electron chi connectivity index (χ3n) is 6.01. The maximum absolute atomic E-state index is 12.2. The van der Waals surface area contributed by atoms with E-state index in [9.17, 15) is 9.90 Å². The highest BCUT2D eigenvalue weighted by molar-refractivity contribution is 14.0. The Bertz CT molecular complexity index is 743. The molecular formula is C23H37IN4O2. The van der Waals surface area contributed by atoms with E-state index in [1.807, 2.05) is 24.8 Å². The lowest BCUT2D eigenvalue weighted by Gasteiger charge is -2.34. The van der Waals surface area contributed by atoms with Crippen molar-refractivity contribution < 1.29 is 9.90 Å². The summed E-state index contributed by atoms with van der Waals surface area (Å²) in [6, 6.07) is 4.19. The third-order valence-corrected chi connectivity index (χ3v) is 6.01. The average molecular weight is 528 g/mol. The Labute approximate surface area is 197 Å². The Balaban J connectivity index is 0.00000320. The molecule has 6 nitrogen and oxygen atoms in total. The van der Waals surface area contributed by atoms with E-state index in [-0.39, 0.29) is 35.8 Å². The van der Waals surface area contributed by atoms with Gasteiger partial charge in [-0.25, -0.2) is 4.99 Å². The van der Waals surface area contributed by atoms with Gasteiger partial charge >= 0.3 is 0 Å². The molecule has 1 saturated heterocycles. The minimum Gasteiger partial charge on any atom is -0.508 e. The first kappa shape index (κ1) is 24.8. The first-order valence-electron chi connectivity index (χ1n) is 11.2. The largest absolute Gasteiger partial charge is 0.508 e. The number of piperidine rings is 1. The number of carbonyl (C=O) groups excluding carboxylic acids is 1. The highest BCUT2D eigenvalue weighted by Crippen LogP contribution is 2.31. The summed E-state index contributed by atoms with van der Waals surface area (Å²) in [5, 5.41) is 17.3. The summed E-state index contributed by atoms with van der Waals surface area (Å²) in [6.07, 6.45) is 6.38. The number of likely N-dealkylation sites (tertiary alicyclic amines) is 1. The maximum atomic E-state index is 12.2. The van der Waals surface area contributed by atoms with Gasteiger partial charge in [-0.05, 0) is 62.6 Å². The minimum atomic E-state index is 0. The van der Waals surface area contributed by atoms with Crippen molar-refractivity contribution in [3.05, 3.63) is 28.8 Å². The lowest BCUT2D eigenvalue weighted by atomic mass is 9.88. The summed E-state index contributed by atoms with van der Waals surface area (Å²) in [5.41, 5.74) is 3.62. The molecule has 1 aromatic carbocycles. The van der Waals surface area contributed by atoms with Crippen LogP contribution >= 0.6 is 24.0 Å². The van der Waals surface area contributed by atoms with Crippen molar-refractivity contribution in [1.82, 2.24) is 15.5 Å². The van der Waals surface area contributed by atoms with Gasteiger partial charge in [-0.2, -0.15) is 0 Å². The number of nitrogens with one attached hydrogen (secondary N) is 2. The van der Waals surface area contributed by atoms with Crippen LogP contribution in [0.5, 0.6) is 5.75 Å². The first-order valence-corrected chi connectivity index (χ1v) is 11.2. The SMILES string of the molecule is CCNC(=NCc1c(O)ccc2c1CCCC2)NC1CCN(C(=O)C(C)C)CC1.I. The standard InChI is InChI=1S/C23H36N4O2.HI/c1-4-24-23(26-18-11-13-27(14-12-18)22(29)16(2)3)25-15-20-19-8-6-5-7-17(19)9-10-21(20)28;/h9-10,16,18,28H,4-8,11-15H2,1-3H3,(H2,24,25,26);1H. The zero-order chi connectivity index (χ0) is 20.8. The normalized spacial score (nSPS) is 17.3. The van der Waals surface area contributed by atoms with Gasteiger partial charge in [0.1, 0.15) is 5.75 Å². The van der Waals surface area contributed by atoms with Crippen molar-refractivity contribution >= 4 is 35.8 Å². The summed E-state index contributed by atoms with van der Waals surface area (Å²) in [4.78, 5) is 18.9. The number of aryl methyl sites for hydroxylation is 1. The van der Waals surface area contributed by atoms with E-state index in [0.717, 1.165) is 56.8 Å². The molecule has 0 bridgehead atoms. The van der Waals surface area contributed by atoms with Crippen molar-refractivity contribution in [3.8, 4) is 5.75 Å². The monoisotopic (exact) mass is 528 g/mol. The molecule has 0 spiro atoms. The zero-order valence-corrected chi connectivity index (χ0v) is 20.9. The molecule has 168 valence electrons. The number of aliphatic imine (C=N–C) groups is 1. The number of benzene rings is 1. The lowest BCUT2D eigenvalue weighted by molar-refractivity contribution is -0.135. The topological polar surface area (TPSA) is 77.0 Å². The van der Waals surface area contributed by atoms with Crippen LogP contribution in [0.25, 0.3) is 0 Å². The average Bonchev–Trinajstić information content (AvgIpc) is 2.73. The number of phenols is 1. The number of hydrogen-bond acceptors (Lipinski definition) is 3. The van der Waals surface area contributed by atoms with E-state index < -0.39 is 0 Å². The van der Waals surface area contributed by atoms with Crippen LogP contribution in [0.1, 0.15) is 63.1 Å². The molecule has 1 aromatic rings. The van der Waals surface area contributed by atoms with E-state index in [4.69, 9.17) is 4.99 Å². The Morgan fingerprint density at radius 3 is 2.60 bits per heavy atom. The summed E-state index contributed by atoms with van der Waals surface area (Å²) in [7, 11) is 0. The Morgan fingerprint density at radius 2 is 1.93 bits per heavy atom. The number of amides is 1. The Hall–Kier alpha value is -1.51. The molecule has 1 amide bonds. The van der Waals surface area contributed by atoms with Crippen LogP contribution in [0.3, 0.4) is 0 Å². The molecule has 0 atom stereocenters. The van der Waals surface area contributed by atoms with Crippen LogP contribution in [-0.2, 0) is 24.2 Å². The number of aromatic hydroxyl groups is 1. The number of halogens is 1. The molecular weight excluding hydrogens is 491 g/mol. The molecule has 0 aromatic heterocycles. The highest BCUT2D eigenvalue weighted by Gasteiger charge is 2.24. The van der Waals surface area contributed by atoms with Crippen molar-refractivity contribution in [2.24, 2.45) is 10.9 Å². The zero-order valence-electron chi connectivity index (χ0n) is 18.5. The number of rotatable bonds is 5. The summed E-state index contributed by atoms with van der Waals surface area (Å²) in [6.45, 7) is 8.83. The number of nitrogens with zero attached hydrogens (tertiary/aromatic N) is 2. The summed E-state index contributed by atoms with van der Waals surface area (Å²) < 4.78 is 0. The van der Waals surface area contributed by atoms with E-state index in [2.05, 4.69) is 23.6 Å². The predicted octanol–water partition coefficient (Wildman–Crippen LogP) is 3.59. The van der Waals surface area contributed by atoms with Crippen LogP contribution in [-0.4, -0.2) is 47.5 Å². The maximum Gasteiger partial charge on any atom is 0.225 e. The van der Waals surface area contributed by atoms with E-state index in [0.29, 0.717) is 18.3 Å². The fraction of sp³-hybridized carbons (Fsp3) is 0.652. The second kappa shape index (κ2) is 11.8. The van der Waals surface area contributed by atoms with Crippen molar-refractivity contribution in [3.63, 3.8) is 0 Å². The number of guanidine groups is 1. The van der Waals surface area contributed by atoms with Crippen LogP contribution < -0.4 is 10.6 Å². The van der Waals surface area contributed by atoms with Crippen molar-refractivity contribution in [1.29, 1.82) is 0 Å². The van der Waals surface area contributed by atoms with Gasteiger partial charge in [0.2, 0.25) is 5.91 Å². The lowest BCUT2D eigenvalue weighted by Crippen LogP contribution is -2.50. The molecule has 7 heteroatoms. The fourth-order valence-electron chi connectivity index (χ4n) is 4.35. The van der Waals surface area contributed by atoms with Crippen LogP contribution in [0.2, 0.25) is 0 Å². The molecule has 30 heavy (non-hydrogen) atoms. The van der Waals surface area contributed by atoms with Crippen LogP contribution in [0.15, 0.2) is 17.1 Å². The summed E-state index contributed by atoms with van der Waals surface area (Å²) >= 11 is 0. The molecule has 3 rings (SSSR count). The molecule has 2 aliphatic rings. The van der Waals surface area contributed by atoms with E-state index in [1.54, 1.807) is 0 Å². The molecule has 3 N–H and O–H groups in total. The molecule has 0 saturated carbocycles. The number of hydrogen-bond donors (Lipinski definition) is 3. The fourth-order valence-corrected chi connectivity index (χ4v) is 4.35. The second-order valence-corrected chi connectivity index (χ2v) is 8.50. The second-order valence-electron chi connectivity index (χ2n) is 8.50. The molecule has 1 fully saturated rings. The van der Waals surface area contributed by atoms with Crippen LogP contribution in [0.4, 0.5) is 0 Å². The van der Waals surface area contributed by atoms with Gasteiger partial charge in [0.05, 0.1) is 6.54 Å². The molecule has 1 heterocycles. The Kier molecular flexibility index (Phi) is 9.71. The molecule has 0 unspecified atom stereocenters.